The molecule has 3 rings (SSSR count). The zero-order chi connectivity index (χ0) is 24.2. The fourth-order valence-corrected chi connectivity index (χ4v) is 4.93. The van der Waals surface area contributed by atoms with E-state index in [1.165, 1.54) is 31.1 Å². The van der Waals surface area contributed by atoms with Gasteiger partial charge in [-0.1, -0.05) is 12.1 Å². The van der Waals surface area contributed by atoms with E-state index in [4.69, 9.17) is 4.74 Å². The fourth-order valence-electron chi connectivity index (χ4n) is 3.47. The van der Waals surface area contributed by atoms with Gasteiger partial charge in [-0.15, -0.1) is 0 Å². The Labute approximate surface area is 191 Å². The molecule has 2 aromatic rings. The molecule has 9 nitrogen and oxygen atoms in total. The number of hydrogen-bond donors (Lipinski definition) is 1. The maximum Gasteiger partial charge on any atom is 0.261 e. The molecule has 176 valence electrons. The highest BCUT2D eigenvalue weighted by Crippen LogP contribution is 2.21. The predicted molar refractivity (Wildman–Crippen MR) is 117 cm³/mol. The van der Waals surface area contributed by atoms with E-state index in [0.717, 1.165) is 24.3 Å². The second-order valence-electron chi connectivity index (χ2n) is 7.38. The Morgan fingerprint density at radius 2 is 1.55 bits per heavy atom. The van der Waals surface area contributed by atoms with Crippen molar-refractivity contribution in [2.45, 2.75) is 17.2 Å². The Hall–Kier alpha value is -3.47. The zero-order valence-corrected chi connectivity index (χ0v) is 19.0. The molecule has 0 aliphatic carbocycles. The first-order valence-electron chi connectivity index (χ1n) is 10.1. The molecule has 1 aliphatic heterocycles. The van der Waals surface area contributed by atoms with Crippen LogP contribution in [0.15, 0.2) is 53.4 Å². The van der Waals surface area contributed by atoms with E-state index in [2.05, 4.69) is 5.32 Å². The monoisotopic (exact) mass is 477 g/mol. The van der Waals surface area contributed by atoms with Crippen molar-refractivity contribution in [1.82, 2.24) is 15.1 Å². The maximum atomic E-state index is 13.4. The topological polar surface area (TPSA) is 113 Å². The van der Waals surface area contributed by atoms with Crippen LogP contribution in [0.4, 0.5) is 4.39 Å². The smallest absolute Gasteiger partial charge is 0.261 e. The Balaban J connectivity index is 1.94. The molecule has 1 unspecified atom stereocenters. The van der Waals surface area contributed by atoms with Gasteiger partial charge in [0.05, 0.1) is 17.6 Å². The number of nitrogens with one attached hydrogen (secondary N) is 1. The molecule has 1 saturated heterocycles. The normalized spacial score (nSPS) is 15.0. The fraction of sp³-hybridized carbons (Fsp3) is 0.318. The number of sulfone groups is 1. The molecule has 3 amide bonds. The van der Waals surface area contributed by atoms with E-state index in [-0.39, 0.29) is 48.3 Å². The van der Waals surface area contributed by atoms with Crippen molar-refractivity contribution in [2.24, 2.45) is 0 Å². The number of benzene rings is 2. The Kier molecular flexibility index (Phi) is 7.32. The number of para-hydroxylation sites is 1. The van der Waals surface area contributed by atoms with Gasteiger partial charge in [0.25, 0.3) is 11.8 Å². The number of hydrogen-bond acceptors (Lipinski definition) is 6. The minimum Gasteiger partial charge on any atom is -0.496 e. The standard InChI is InChI=1S/C22H24FN3O6S/c1-15(27)25-11-13-26(14-12-25)22(29)21(33(30,31)17-9-7-16(23)8-10-17)24-20(28)18-5-3-4-6-19(18)32-2/h3-10,21H,11-14H2,1-2H3,(H,24,28). The summed E-state index contributed by atoms with van der Waals surface area (Å²) >= 11 is 0. The van der Waals surface area contributed by atoms with Crippen LogP contribution in [0.5, 0.6) is 5.75 Å². The van der Waals surface area contributed by atoms with Gasteiger partial charge in [0.2, 0.25) is 21.1 Å². The number of piperazine rings is 1. The second-order valence-corrected chi connectivity index (χ2v) is 9.42. The SMILES string of the molecule is COc1ccccc1C(=O)NC(C(=O)N1CCN(C(C)=O)CC1)S(=O)(=O)c1ccc(F)cc1. The van der Waals surface area contributed by atoms with Gasteiger partial charge in [-0.3, -0.25) is 14.4 Å². The molecule has 0 bridgehead atoms. The van der Waals surface area contributed by atoms with Crippen LogP contribution in [0.2, 0.25) is 0 Å². The molecule has 0 spiro atoms. The van der Waals surface area contributed by atoms with E-state index in [1.54, 1.807) is 17.0 Å². The number of methoxy groups -OCH3 is 1. The van der Waals surface area contributed by atoms with Crippen molar-refractivity contribution in [3.63, 3.8) is 0 Å². The van der Waals surface area contributed by atoms with Crippen molar-refractivity contribution in [1.29, 1.82) is 0 Å². The molecule has 1 heterocycles. The first kappa shape index (κ1) is 24.2. The number of rotatable bonds is 6. The summed E-state index contributed by atoms with van der Waals surface area (Å²) in [5.41, 5.74) is 0.0495. The molecule has 0 radical (unpaired) electrons. The quantitative estimate of drug-likeness (QED) is 0.623. The lowest BCUT2D eigenvalue weighted by Crippen LogP contribution is -2.57. The molecule has 1 atom stereocenters. The summed E-state index contributed by atoms with van der Waals surface area (Å²) in [6, 6.07) is 10.2. The van der Waals surface area contributed by atoms with Crippen molar-refractivity contribution >= 4 is 27.6 Å². The zero-order valence-electron chi connectivity index (χ0n) is 18.2. The van der Waals surface area contributed by atoms with Crippen molar-refractivity contribution in [2.75, 3.05) is 33.3 Å². The minimum absolute atomic E-state index is 0.0495. The molecule has 2 aromatic carbocycles. The summed E-state index contributed by atoms with van der Waals surface area (Å²) in [5, 5.41) is 0.366. The molecule has 1 N–H and O–H groups in total. The Morgan fingerprint density at radius 3 is 2.12 bits per heavy atom. The number of carbonyl (C=O) groups excluding carboxylic acids is 3. The van der Waals surface area contributed by atoms with Gasteiger partial charge in [-0.25, -0.2) is 12.8 Å². The summed E-state index contributed by atoms with van der Waals surface area (Å²) in [4.78, 5) is 40.3. The highest BCUT2D eigenvalue weighted by molar-refractivity contribution is 7.92. The van der Waals surface area contributed by atoms with Crippen LogP contribution in [0.1, 0.15) is 17.3 Å². The molecular weight excluding hydrogens is 453 g/mol. The van der Waals surface area contributed by atoms with Crippen molar-refractivity contribution in [3.05, 3.63) is 59.9 Å². The molecule has 0 aromatic heterocycles. The van der Waals surface area contributed by atoms with Crippen LogP contribution < -0.4 is 10.1 Å². The first-order chi connectivity index (χ1) is 15.6. The summed E-state index contributed by atoms with van der Waals surface area (Å²) in [6.45, 7) is 2.11. The summed E-state index contributed by atoms with van der Waals surface area (Å²) < 4.78 is 45.2. The van der Waals surface area contributed by atoms with Crippen molar-refractivity contribution in [3.8, 4) is 5.75 Å². The number of halogens is 1. The Bertz CT molecular complexity index is 1140. The Morgan fingerprint density at radius 1 is 0.970 bits per heavy atom. The van der Waals surface area contributed by atoms with E-state index < -0.39 is 32.8 Å². The van der Waals surface area contributed by atoms with Gasteiger partial charge in [0, 0.05) is 33.1 Å². The van der Waals surface area contributed by atoms with Crippen LogP contribution in [0.25, 0.3) is 0 Å². The lowest BCUT2D eigenvalue weighted by molar-refractivity contribution is -0.138. The first-order valence-corrected chi connectivity index (χ1v) is 11.7. The van der Waals surface area contributed by atoms with Crippen LogP contribution in [-0.2, 0) is 19.4 Å². The summed E-state index contributed by atoms with van der Waals surface area (Å²) in [7, 11) is -3.07. The van der Waals surface area contributed by atoms with Gasteiger partial charge < -0.3 is 19.9 Å². The van der Waals surface area contributed by atoms with E-state index >= 15 is 0 Å². The average Bonchev–Trinajstić information content (AvgIpc) is 2.82. The van der Waals surface area contributed by atoms with Gasteiger partial charge in [-0.05, 0) is 36.4 Å². The highest BCUT2D eigenvalue weighted by Gasteiger charge is 2.39. The average molecular weight is 478 g/mol. The maximum absolute atomic E-state index is 13.4. The number of nitrogens with zero attached hydrogens (tertiary/aromatic N) is 2. The third-order valence-corrected chi connectivity index (χ3v) is 7.20. The summed E-state index contributed by atoms with van der Waals surface area (Å²) in [5.74, 6) is -2.25. The summed E-state index contributed by atoms with van der Waals surface area (Å²) in [6.07, 6.45) is 0. The number of carbonyl (C=O) groups is 3. The van der Waals surface area contributed by atoms with Crippen LogP contribution in [0.3, 0.4) is 0 Å². The minimum atomic E-state index is -4.43. The van der Waals surface area contributed by atoms with E-state index in [1.807, 2.05) is 0 Å². The van der Waals surface area contributed by atoms with Crippen LogP contribution in [-0.4, -0.2) is 74.6 Å². The second kappa shape index (κ2) is 9.99. The molecule has 33 heavy (non-hydrogen) atoms. The predicted octanol–water partition coefficient (Wildman–Crippen LogP) is 1.05. The number of ether oxygens (including phenoxy) is 1. The third-order valence-electron chi connectivity index (χ3n) is 5.33. The van der Waals surface area contributed by atoms with Gasteiger partial charge >= 0.3 is 0 Å². The lowest BCUT2D eigenvalue weighted by Gasteiger charge is -2.36. The molecule has 0 saturated carbocycles. The largest absolute Gasteiger partial charge is 0.496 e. The molecule has 11 heteroatoms. The highest BCUT2D eigenvalue weighted by atomic mass is 32.2. The van der Waals surface area contributed by atoms with E-state index in [9.17, 15) is 27.2 Å². The van der Waals surface area contributed by atoms with Gasteiger partial charge in [0.1, 0.15) is 11.6 Å². The van der Waals surface area contributed by atoms with Crippen molar-refractivity contribution < 1.29 is 31.9 Å². The van der Waals surface area contributed by atoms with Gasteiger partial charge in [0.15, 0.2) is 0 Å². The third kappa shape index (κ3) is 5.30. The molecule has 1 fully saturated rings. The van der Waals surface area contributed by atoms with Crippen LogP contribution >= 0.6 is 0 Å². The van der Waals surface area contributed by atoms with Gasteiger partial charge in [-0.2, -0.15) is 0 Å². The van der Waals surface area contributed by atoms with E-state index in [0.29, 0.717) is 0 Å². The number of amides is 3. The molecule has 1 aliphatic rings. The lowest BCUT2D eigenvalue weighted by atomic mass is 10.2. The van der Waals surface area contributed by atoms with Crippen LogP contribution in [0, 0.1) is 5.82 Å². The molecular formula is C22H24FN3O6S.